The van der Waals surface area contributed by atoms with Gasteiger partial charge in [-0.1, -0.05) is 0 Å². The second-order valence-corrected chi connectivity index (χ2v) is 5.55. The van der Waals surface area contributed by atoms with E-state index >= 15 is 0 Å². The Morgan fingerprint density at radius 3 is 2.95 bits per heavy atom. The van der Waals surface area contributed by atoms with Crippen molar-refractivity contribution in [3.8, 4) is 5.75 Å². The predicted molar refractivity (Wildman–Crippen MR) is 82.0 cm³/mol. The molecule has 2 N–H and O–H groups in total. The SMILES string of the molecule is COc1cc(F)c2c(c1)C(CN)N(CCCn1ccnc1)C2. The van der Waals surface area contributed by atoms with Crippen molar-refractivity contribution in [2.24, 2.45) is 5.73 Å². The number of aryl methyl sites for hydroxylation is 1. The summed E-state index contributed by atoms with van der Waals surface area (Å²) in [5, 5.41) is 0. The Kier molecular flexibility index (Phi) is 4.40. The fourth-order valence-corrected chi connectivity index (χ4v) is 3.11. The second-order valence-electron chi connectivity index (χ2n) is 5.55. The van der Waals surface area contributed by atoms with Crippen LogP contribution in [0.25, 0.3) is 0 Å². The van der Waals surface area contributed by atoms with E-state index in [-0.39, 0.29) is 11.9 Å². The first kappa shape index (κ1) is 15.0. The fraction of sp³-hybridized carbons (Fsp3) is 0.438. The third-order valence-corrected chi connectivity index (χ3v) is 4.24. The number of hydrogen-bond donors (Lipinski definition) is 1. The van der Waals surface area contributed by atoms with Gasteiger partial charge in [-0.15, -0.1) is 0 Å². The van der Waals surface area contributed by atoms with Crippen LogP contribution in [0.3, 0.4) is 0 Å². The van der Waals surface area contributed by atoms with E-state index < -0.39 is 0 Å². The zero-order chi connectivity index (χ0) is 15.5. The van der Waals surface area contributed by atoms with Crippen LogP contribution in [0, 0.1) is 5.82 Å². The average Bonchev–Trinajstić information content (AvgIpc) is 3.14. The maximum Gasteiger partial charge on any atom is 0.131 e. The normalized spacial score (nSPS) is 17.7. The minimum absolute atomic E-state index is 0.0578. The van der Waals surface area contributed by atoms with E-state index in [0.29, 0.717) is 18.8 Å². The Labute approximate surface area is 129 Å². The molecule has 0 spiro atoms. The Morgan fingerprint density at radius 1 is 1.41 bits per heavy atom. The average molecular weight is 304 g/mol. The molecule has 0 saturated heterocycles. The van der Waals surface area contributed by atoms with Gasteiger partial charge in [0, 0.05) is 56.2 Å². The minimum Gasteiger partial charge on any atom is -0.497 e. The molecule has 1 unspecified atom stereocenters. The van der Waals surface area contributed by atoms with Crippen LogP contribution in [-0.4, -0.2) is 34.7 Å². The summed E-state index contributed by atoms with van der Waals surface area (Å²) in [4.78, 5) is 6.27. The smallest absolute Gasteiger partial charge is 0.131 e. The predicted octanol–water partition coefficient (Wildman–Crippen LogP) is 1.94. The summed E-state index contributed by atoms with van der Waals surface area (Å²) in [6.45, 7) is 2.86. The van der Waals surface area contributed by atoms with Crippen LogP contribution < -0.4 is 10.5 Å². The van der Waals surface area contributed by atoms with Crippen molar-refractivity contribution >= 4 is 0 Å². The molecule has 1 aromatic carbocycles. The first-order valence-corrected chi connectivity index (χ1v) is 7.49. The largest absolute Gasteiger partial charge is 0.497 e. The highest BCUT2D eigenvalue weighted by atomic mass is 19.1. The van der Waals surface area contributed by atoms with Gasteiger partial charge in [0.15, 0.2) is 0 Å². The maximum atomic E-state index is 14.2. The van der Waals surface area contributed by atoms with Gasteiger partial charge in [0.2, 0.25) is 0 Å². The molecule has 118 valence electrons. The van der Waals surface area contributed by atoms with Gasteiger partial charge in [-0.05, 0) is 18.1 Å². The van der Waals surface area contributed by atoms with Crippen LogP contribution in [0.1, 0.15) is 23.6 Å². The number of ether oxygens (including phenoxy) is 1. The molecule has 0 amide bonds. The number of hydrogen-bond acceptors (Lipinski definition) is 4. The molecular weight excluding hydrogens is 283 g/mol. The number of imidazole rings is 1. The Balaban J connectivity index is 1.70. The summed E-state index contributed by atoms with van der Waals surface area (Å²) in [5.41, 5.74) is 7.64. The monoisotopic (exact) mass is 304 g/mol. The molecule has 0 aliphatic carbocycles. The second kappa shape index (κ2) is 6.46. The molecule has 0 saturated carbocycles. The topological polar surface area (TPSA) is 56.3 Å². The molecule has 22 heavy (non-hydrogen) atoms. The number of methoxy groups -OCH3 is 1. The Morgan fingerprint density at radius 2 is 2.27 bits per heavy atom. The van der Waals surface area contributed by atoms with Crippen LogP contribution in [-0.2, 0) is 13.1 Å². The lowest BCUT2D eigenvalue weighted by molar-refractivity contribution is 0.212. The summed E-state index contributed by atoms with van der Waals surface area (Å²) < 4.78 is 21.4. The lowest BCUT2D eigenvalue weighted by atomic mass is 10.0. The summed E-state index contributed by atoms with van der Waals surface area (Å²) in [7, 11) is 1.55. The van der Waals surface area contributed by atoms with Crippen molar-refractivity contribution in [2.75, 3.05) is 20.2 Å². The molecule has 2 aromatic rings. The number of benzene rings is 1. The Hall–Kier alpha value is -1.92. The lowest BCUT2D eigenvalue weighted by Crippen LogP contribution is -2.29. The Bertz CT molecular complexity index is 629. The van der Waals surface area contributed by atoms with Crippen LogP contribution in [0.5, 0.6) is 5.75 Å². The zero-order valence-corrected chi connectivity index (χ0v) is 12.7. The number of fused-ring (bicyclic) bond motifs is 1. The summed E-state index contributed by atoms with van der Waals surface area (Å²) in [6.07, 6.45) is 6.50. The van der Waals surface area contributed by atoms with E-state index in [1.807, 2.05) is 23.2 Å². The molecule has 3 rings (SSSR count). The first-order chi connectivity index (χ1) is 10.7. The molecule has 1 aromatic heterocycles. The van der Waals surface area contributed by atoms with Gasteiger partial charge in [0.05, 0.1) is 13.4 Å². The number of halogens is 1. The van der Waals surface area contributed by atoms with Crippen molar-refractivity contribution in [3.05, 3.63) is 47.8 Å². The van der Waals surface area contributed by atoms with E-state index in [4.69, 9.17) is 10.5 Å². The third kappa shape index (κ3) is 2.84. The highest BCUT2D eigenvalue weighted by Gasteiger charge is 2.31. The molecule has 1 atom stereocenters. The van der Waals surface area contributed by atoms with Crippen LogP contribution in [0.2, 0.25) is 0 Å². The van der Waals surface area contributed by atoms with E-state index in [1.54, 1.807) is 13.3 Å². The minimum atomic E-state index is -0.204. The fourth-order valence-electron chi connectivity index (χ4n) is 3.11. The summed E-state index contributed by atoms with van der Waals surface area (Å²) in [5.74, 6) is 0.347. The van der Waals surface area contributed by atoms with Gasteiger partial charge in [0.1, 0.15) is 11.6 Å². The van der Waals surface area contributed by atoms with Crippen molar-refractivity contribution in [2.45, 2.75) is 25.6 Å². The van der Waals surface area contributed by atoms with E-state index in [0.717, 1.165) is 30.6 Å². The highest BCUT2D eigenvalue weighted by molar-refractivity contribution is 5.41. The molecule has 1 aliphatic heterocycles. The van der Waals surface area contributed by atoms with Gasteiger partial charge >= 0.3 is 0 Å². The number of nitrogens with two attached hydrogens (primary N) is 1. The van der Waals surface area contributed by atoms with E-state index in [9.17, 15) is 4.39 Å². The third-order valence-electron chi connectivity index (χ3n) is 4.24. The van der Waals surface area contributed by atoms with Crippen LogP contribution in [0.15, 0.2) is 30.9 Å². The highest BCUT2D eigenvalue weighted by Crippen LogP contribution is 2.37. The van der Waals surface area contributed by atoms with Crippen LogP contribution in [0.4, 0.5) is 4.39 Å². The molecule has 1 aliphatic rings. The molecule has 2 heterocycles. The van der Waals surface area contributed by atoms with Crippen LogP contribution >= 0.6 is 0 Å². The zero-order valence-electron chi connectivity index (χ0n) is 12.7. The van der Waals surface area contributed by atoms with Gasteiger partial charge in [0.25, 0.3) is 0 Å². The summed E-state index contributed by atoms with van der Waals surface area (Å²) >= 11 is 0. The molecule has 0 bridgehead atoms. The van der Waals surface area contributed by atoms with E-state index in [1.165, 1.54) is 6.07 Å². The van der Waals surface area contributed by atoms with Gasteiger partial charge < -0.3 is 15.0 Å². The standard InChI is InChI=1S/C16H21FN4O/c1-22-12-7-13-14(15(17)8-12)10-21(16(13)9-18)5-2-4-20-6-3-19-11-20/h3,6-8,11,16H,2,4-5,9-10,18H2,1H3. The van der Waals surface area contributed by atoms with Crippen molar-refractivity contribution in [3.63, 3.8) is 0 Å². The maximum absolute atomic E-state index is 14.2. The van der Waals surface area contributed by atoms with Gasteiger partial charge in [-0.2, -0.15) is 0 Å². The van der Waals surface area contributed by atoms with E-state index in [2.05, 4.69) is 9.88 Å². The van der Waals surface area contributed by atoms with Crippen molar-refractivity contribution in [1.82, 2.24) is 14.5 Å². The molecule has 0 radical (unpaired) electrons. The van der Waals surface area contributed by atoms with Gasteiger partial charge in [-0.25, -0.2) is 9.37 Å². The molecule has 6 heteroatoms. The lowest BCUT2D eigenvalue weighted by Gasteiger charge is -2.23. The molecular formula is C16H21FN4O. The summed E-state index contributed by atoms with van der Waals surface area (Å²) in [6, 6.07) is 3.41. The quantitative estimate of drug-likeness (QED) is 0.886. The number of aromatic nitrogens is 2. The number of rotatable bonds is 6. The number of nitrogens with zero attached hydrogens (tertiary/aromatic N) is 3. The van der Waals surface area contributed by atoms with Gasteiger partial charge in [-0.3, -0.25) is 4.90 Å². The molecule has 5 nitrogen and oxygen atoms in total. The molecule has 0 fully saturated rings. The first-order valence-electron chi connectivity index (χ1n) is 7.49. The van der Waals surface area contributed by atoms with Crippen molar-refractivity contribution < 1.29 is 9.13 Å². The van der Waals surface area contributed by atoms with Crippen molar-refractivity contribution in [1.29, 1.82) is 0 Å².